The van der Waals surface area contributed by atoms with Crippen LogP contribution >= 0.6 is 11.8 Å². The summed E-state index contributed by atoms with van der Waals surface area (Å²) >= 11 is 1.32. The molecular formula is C23H27N5O2S. The minimum atomic E-state index is -0.319. The quantitative estimate of drug-likeness (QED) is 0.493. The number of aromatic nitrogens is 3. The van der Waals surface area contributed by atoms with E-state index in [0.29, 0.717) is 23.1 Å². The van der Waals surface area contributed by atoms with Crippen LogP contribution in [0.4, 0.5) is 5.69 Å². The Kier molecular flexibility index (Phi) is 7.83. The van der Waals surface area contributed by atoms with Crippen LogP contribution in [0.15, 0.2) is 59.8 Å². The molecule has 1 atom stereocenters. The number of carbonyl (C=O) groups is 2. The molecule has 1 aromatic heterocycles. The van der Waals surface area contributed by atoms with E-state index in [1.54, 1.807) is 12.1 Å². The van der Waals surface area contributed by atoms with E-state index in [1.165, 1.54) is 17.3 Å². The molecular weight excluding hydrogens is 410 g/mol. The summed E-state index contributed by atoms with van der Waals surface area (Å²) in [7, 11) is 0. The highest BCUT2D eigenvalue weighted by atomic mass is 32.2. The SMILES string of the molecule is CCc1ccc(NC(=O)CSc2nnc([C@@H](C)NC(=O)c3ccccc3)n2CC)cc1. The monoisotopic (exact) mass is 437 g/mol. The molecule has 2 aromatic carbocycles. The number of aryl methyl sites for hydroxylation is 1. The number of benzene rings is 2. The molecule has 0 saturated carbocycles. The first-order valence-electron chi connectivity index (χ1n) is 10.3. The van der Waals surface area contributed by atoms with Crippen LogP contribution in [0.1, 0.15) is 48.6 Å². The molecule has 0 aliphatic heterocycles. The lowest BCUT2D eigenvalue weighted by atomic mass is 10.1. The van der Waals surface area contributed by atoms with E-state index in [2.05, 4.69) is 27.8 Å². The molecule has 0 aliphatic rings. The molecule has 2 N–H and O–H groups in total. The van der Waals surface area contributed by atoms with Crippen LogP contribution in [0.5, 0.6) is 0 Å². The van der Waals surface area contributed by atoms with Crippen LogP contribution in [0.3, 0.4) is 0 Å². The van der Waals surface area contributed by atoms with E-state index in [9.17, 15) is 9.59 Å². The van der Waals surface area contributed by atoms with Gasteiger partial charge >= 0.3 is 0 Å². The Labute approximate surface area is 186 Å². The molecule has 7 nitrogen and oxygen atoms in total. The normalized spacial score (nSPS) is 11.7. The molecule has 0 radical (unpaired) electrons. The van der Waals surface area contributed by atoms with Crippen molar-refractivity contribution >= 4 is 29.3 Å². The Bertz CT molecular complexity index is 1020. The number of nitrogens with zero attached hydrogens (tertiary/aromatic N) is 3. The number of hydrogen-bond donors (Lipinski definition) is 2. The van der Waals surface area contributed by atoms with E-state index in [4.69, 9.17) is 0 Å². The Morgan fingerprint density at radius 3 is 2.39 bits per heavy atom. The van der Waals surface area contributed by atoms with Gasteiger partial charge in [-0.25, -0.2) is 0 Å². The first kappa shape index (κ1) is 22.6. The average molecular weight is 438 g/mol. The van der Waals surface area contributed by atoms with Crippen molar-refractivity contribution in [1.29, 1.82) is 0 Å². The molecule has 0 saturated heterocycles. The predicted molar refractivity (Wildman–Crippen MR) is 123 cm³/mol. The van der Waals surface area contributed by atoms with Gasteiger partial charge in [-0.3, -0.25) is 9.59 Å². The summed E-state index contributed by atoms with van der Waals surface area (Å²) in [5.41, 5.74) is 2.59. The fourth-order valence-corrected chi connectivity index (χ4v) is 3.92. The van der Waals surface area contributed by atoms with Gasteiger partial charge in [0, 0.05) is 17.8 Å². The standard InChI is InChI=1S/C23H27N5O2S/c1-4-17-11-13-19(14-12-17)25-20(29)15-31-23-27-26-21(28(23)5-2)16(3)24-22(30)18-9-7-6-8-10-18/h6-14,16H,4-5,15H2,1-3H3,(H,24,30)(H,25,29)/t16-/m1/s1. The number of carbonyl (C=O) groups excluding carboxylic acids is 2. The first-order chi connectivity index (χ1) is 15.0. The van der Waals surface area contributed by atoms with E-state index in [1.807, 2.05) is 60.9 Å². The molecule has 3 rings (SSSR count). The van der Waals surface area contributed by atoms with Gasteiger partial charge < -0.3 is 15.2 Å². The van der Waals surface area contributed by atoms with Crippen LogP contribution in [0.2, 0.25) is 0 Å². The molecule has 3 aromatic rings. The molecule has 31 heavy (non-hydrogen) atoms. The zero-order valence-corrected chi connectivity index (χ0v) is 18.8. The van der Waals surface area contributed by atoms with Crippen molar-refractivity contribution in [2.75, 3.05) is 11.1 Å². The van der Waals surface area contributed by atoms with Crippen molar-refractivity contribution in [2.45, 2.75) is 44.9 Å². The van der Waals surface area contributed by atoms with E-state index >= 15 is 0 Å². The number of thioether (sulfide) groups is 1. The molecule has 0 aliphatic carbocycles. The summed E-state index contributed by atoms with van der Waals surface area (Å²) in [6.45, 7) is 6.59. The maximum atomic E-state index is 12.4. The van der Waals surface area contributed by atoms with Gasteiger partial charge in [-0.1, -0.05) is 49.0 Å². The number of rotatable bonds is 9. The third-order valence-corrected chi connectivity index (χ3v) is 5.78. The van der Waals surface area contributed by atoms with Gasteiger partial charge in [0.2, 0.25) is 5.91 Å². The average Bonchev–Trinajstić information content (AvgIpc) is 3.22. The Balaban J connectivity index is 1.59. The van der Waals surface area contributed by atoms with Crippen molar-refractivity contribution in [3.8, 4) is 0 Å². The highest BCUT2D eigenvalue weighted by molar-refractivity contribution is 7.99. The number of anilines is 1. The van der Waals surface area contributed by atoms with Crippen molar-refractivity contribution < 1.29 is 9.59 Å². The van der Waals surface area contributed by atoms with Crippen molar-refractivity contribution in [3.63, 3.8) is 0 Å². The van der Waals surface area contributed by atoms with Crippen LogP contribution in [-0.2, 0) is 17.8 Å². The summed E-state index contributed by atoms with van der Waals surface area (Å²) in [5, 5.41) is 15.0. The molecule has 2 amide bonds. The fourth-order valence-electron chi connectivity index (χ4n) is 3.11. The molecule has 0 bridgehead atoms. The van der Waals surface area contributed by atoms with Crippen molar-refractivity contribution in [1.82, 2.24) is 20.1 Å². The zero-order chi connectivity index (χ0) is 22.2. The molecule has 0 spiro atoms. The topological polar surface area (TPSA) is 88.9 Å². The summed E-state index contributed by atoms with van der Waals surface area (Å²) < 4.78 is 1.92. The lowest BCUT2D eigenvalue weighted by Gasteiger charge is -2.15. The van der Waals surface area contributed by atoms with E-state index in [0.717, 1.165) is 12.1 Å². The summed E-state index contributed by atoms with van der Waals surface area (Å²) in [5.74, 6) is 0.608. The van der Waals surface area contributed by atoms with E-state index in [-0.39, 0.29) is 23.6 Å². The van der Waals surface area contributed by atoms with Crippen LogP contribution in [0.25, 0.3) is 0 Å². The highest BCUT2D eigenvalue weighted by Crippen LogP contribution is 2.21. The largest absolute Gasteiger partial charge is 0.342 e. The molecule has 1 heterocycles. The molecule has 0 fully saturated rings. The number of nitrogens with one attached hydrogen (secondary N) is 2. The summed E-state index contributed by atoms with van der Waals surface area (Å²) in [6.07, 6.45) is 0.962. The van der Waals surface area contributed by atoms with Gasteiger partial charge in [-0.15, -0.1) is 10.2 Å². The maximum absolute atomic E-state index is 12.4. The summed E-state index contributed by atoms with van der Waals surface area (Å²) in [6, 6.07) is 16.6. The lowest BCUT2D eigenvalue weighted by Crippen LogP contribution is -2.28. The molecule has 162 valence electrons. The van der Waals surface area contributed by atoms with Crippen molar-refractivity contribution in [2.24, 2.45) is 0 Å². The Morgan fingerprint density at radius 2 is 1.74 bits per heavy atom. The zero-order valence-electron chi connectivity index (χ0n) is 18.0. The van der Waals surface area contributed by atoms with Gasteiger partial charge in [-0.05, 0) is 50.1 Å². The van der Waals surface area contributed by atoms with Crippen molar-refractivity contribution in [3.05, 3.63) is 71.5 Å². The van der Waals surface area contributed by atoms with Gasteiger partial charge in [0.15, 0.2) is 11.0 Å². The first-order valence-corrected chi connectivity index (χ1v) is 11.3. The minimum Gasteiger partial charge on any atom is -0.342 e. The smallest absolute Gasteiger partial charge is 0.251 e. The second-order valence-corrected chi connectivity index (χ2v) is 7.98. The predicted octanol–water partition coefficient (Wildman–Crippen LogP) is 4.08. The number of hydrogen-bond acceptors (Lipinski definition) is 5. The third kappa shape index (κ3) is 5.95. The second kappa shape index (κ2) is 10.8. The van der Waals surface area contributed by atoms with Gasteiger partial charge in [0.05, 0.1) is 11.8 Å². The minimum absolute atomic E-state index is 0.105. The number of amides is 2. The Hall–Kier alpha value is -3.13. The molecule has 8 heteroatoms. The fraction of sp³-hybridized carbons (Fsp3) is 0.304. The van der Waals surface area contributed by atoms with Gasteiger partial charge in [-0.2, -0.15) is 0 Å². The maximum Gasteiger partial charge on any atom is 0.251 e. The summed E-state index contributed by atoms with van der Waals surface area (Å²) in [4.78, 5) is 24.8. The Morgan fingerprint density at radius 1 is 1.03 bits per heavy atom. The third-order valence-electron chi connectivity index (χ3n) is 4.81. The van der Waals surface area contributed by atoms with Crippen LogP contribution < -0.4 is 10.6 Å². The van der Waals surface area contributed by atoms with Gasteiger partial charge in [0.1, 0.15) is 0 Å². The van der Waals surface area contributed by atoms with Gasteiger partial charge in [0.25, 0.3) is 5.91 Å². The van der Waals surface area contributed by atoms with Crippen LogP contribution in [-0.4, -0.2) is 32.3 Å². The van der Waals surface area contributed by atoms with Crippen LogP contribution in [0, 0.1) is 0 Å². The lowest BCUT2D eigenvalue weighted by molar-refractivity contribution is -0.113. The van der Waals surface area contributed by atoms with E-state index < -0.39 is 0 Å². The highest BCUT2D eigenvalue weighted by Gasteiger charge is 2.20. The second-order valence-electron chi connectivity index (χ2n) is 7.03. The molecule has 0 unspecified atom stereocenters.